The lowest BCUT2D eigenvalue weighted by Gasteiger charge is -2.08. The summed E-state index contributed by atoms with van der Waals surface area (Å²) in [5.41, 5.74) is 4.95. The Morgan fingerprint density at radius 2 is 2.00 bits per heavy atom. The lowest BCUT2D eigenvalue weighted by Crippen LogP contribution is -2.10. The Morgan fingerprint density at radius 1 is 1.29 bits per heavy atom. The highest BCUT2D eigenvalue weighted by Gasteiger charge is 2.32. The summed E-state index contributed by atoms with van der Waals surface area (Å²) in [4.78, 5) is 18.5. The Balaban J connectivity index is 2.44. The topological polar surface area (TPSA) is 89.1 Å². The van der Waals surface area contributed by atoms with Gasteiger partial charge in [-0.3, -0.25) is 4.79 Å². The number of rotatable bonds is 3. The molecule has 0 amide bonds. The van der Waals surface area contributed by atoms with Crippen LogP contribution in [0.5, 0.6) is 0 Å². The van der Waals surface area contributed by atoms with Gasteiger partial charge in [-0.05, 0) is 18.2 Å². The van der Waals surface area contributed by atoms with E-state index in [-0.39, 0.29) is 22.6 Å². The number of aliphatic hydroxyl groups excluding tert-OH is 1. The molecule has 0 fully saturated rings. The molecule has 110 valence electrons. The van der Waals surface area contributed by atoms with E-state index in [1.54, 1.807) is 0 Å². The van der Waals surface area contributed by atoms with Crippen molar-refractivity contribution >= 4 is 11.5 Å². The number of Topliss-reactive ketones (excluding diaryl/α,β-unsaturated/α-hetero) is 1. The summed E-state index contributed by atoms with van der Waals surface area (Å²) >= 11 is 0. The number of nitrogens with two attached hydrogens (primary N) is 1. The highest BCUT2D eigenvalue weighted by Crippen LogP contribution is 2.29. The molecule has 8 heteroatoms. The number of anilines is 1. The van der Waals surface area contributed by atoms with Gasteiger partial charge >= 0.3 is 6.18 Å². The van der Waals surface area contributed by atoms with Crippen LogP contribution in [0.1, 0.15) is 16.1 Å². The van der Waals surface area contributed by atoms with E-state index >= 15 is 0 Å². The number of hydrogen-bond acceptors (Lipinski definition) is 5. The normalized spacial score (nSPS) is 11.4. The van der Waals surface area contributed by atoms with Crippen LogP contribution in [0.3, 0.4) is 0 Å². The monoisotopic (exact) mass is 297 g/mol. The predicted molar refractivity (Wildman–Crippen MR) is 68.3 cm³/mol. The maximum atomic E-state index is 12.6. The van der Waals surface area contributed by atoms with Crippen molar-refractivity contribution in [1.29, 1.82) is 0 Å². The predicted octanol–water partition coefficient (Wildman–Crippen LogP) is 1.92. The second kappa shape index (κ2) is 5.49. The minimum Gasteiger partial charge on any atom is -0.398 e. The fourth-order valence-electron chi connectivity index (χ4n) is 1.70. The number of aromatic nitrogens is 2. The van der Waals surface area contributed by atoms with Gasteiger partial charge in [0.1, 0.15) is 12.3 Å². The summed E-state index contributed by atoms with van der Waals surface area (Å²) in [7, 11) is 0. The molecule has 0 bridgehead atoms. The number of halogens is 3. The minimum atomic E-state index is -4.57. The van der Waals surface area contributed by atoms with E-state index in [0.717, 1.165) is 12.3 Å². The zero-order valence-corrected chi connectivity index (χ0v) is 10.6. The van der Waals surface area contributed by atoms with Crippen molar-refractivity contribution in [3.8, 4) is 11.4 Å². The lowest BCUT2D eigenvalue weighted by molar-refractivity contribution is -0.141. The van der Waals surface area contributed by atoms with Gasteiger partial charge in [0.25, 0.3) is 0 Å². The van der Waals surface area contributed by atoms with Gasteiger partial charge in [-0.25, -0.2) is 9.97 Å². The van der Waals surface area contributed by atoms with Gasteiger partial charge in [-0.2, -0.15) is 13.2 Å². The summed E-state index contributed by atoms with van der Waals surface area (Å²) in [5, 5.41) is 8.77. The summed E-state index contributed by atoms with van der Waals surface area (Å²) < 4.78 is 37.8. The van der Waals surface area contributed by atoms with Gasteiger partial charge in [0.05, 0.1) is 0 Å². The second-order valence-electron chi connectivity index (χ2n) is 4.15. The first-order chi connectivity index (χ1) is 9.82. The van der Waals surface area contributed by atoms with Crippen molar-refractivity contribution in [1.82, 2.24) is 9.97 Å². The number of aliphatic hydroxyl groups is 1. The van der Waals surface area contributed by atoms with E-state index in [1.807, 2.05) is 0 Å². The third-order valence-corrected chi connectivity index (χ3v) is 2.70. The molecule has 3 N–H and O–H groups in total. The number of carbonyl (C=O) groups is 1. The van der Waals surface area contributed by atoms with Gasteiger partial charge in [-0.15, -0.1) is 0 Å². The molecule has 0 spiro atoms. The number of benzene rings is 1. The van der Waals surface area contributed by atoms with Gasteiger partial charge < -0.3 is 10.8 Å². The van der Waals surface area contributed by atoms with E-state index in [4.69, 9.17) is 10.8 Å². The second-order valence-corrected chi connectivity index (χ2v) is 4.15. The van der Waals surface area contributed by atoms with Crippen molar-refractivity contribution in [3.05, 3.63) is 41.7 Å². The quantitative estimate of drug-likeness (QED) is 0.667. The number of hydrogen-bond donors (Lipinski definition) is 2. The van der Waals surface area contributed by atoms with E-state index in [0.29, 0.717) is 0 Å². The van der Waals surface area contributed by atoms with E-state index < -0.39 is 24.3 Å². The molecule has 0 atom stereocenters. The lowest BCUT2D eigenvalue weighted by atomic mass is 10.1. The van der Waals surface area contributed by atoms with Crippen molar-refractivity contribution in [2.24, 2.45) is 0 Å². The number of ketones is 1. The summed E-state index contributed by atoms with van der Waals surface area (Å²) in [5.74, 6) is -0.733. The molecule has 0 saturated carbocycles. The molecular formula is C13H10F3N3O2. The SMILES string of the molecule is Nc1cc(-c2nccc(C(F)(F)F)n2)ccc1C(=O)CO. The first kappa shape index (κ1) is 14.9. The average molecular weight is 297 g/mol. The Morgan fingerprint density at radius 3 is 2.57 bits per heavy atom. The highest BCUT2D eigenvalue weighted by molar-refractivity contribution is 6.02. The zero-order chi connectivity index (χ0) is 15.6. The number of carbonyl (C=O) groups excluding carboxylic acids is 1. The van der Waals surface area contributed by atoms with Crippen LogP contribution in [0.2, 0.25) is 0 Å². The van der Waals surface area contributed by atoms with Crippen LogP contribution in [0.15, 0.2) is 30.5 Å². The Hall–Kier alpha value is -2.48. The van der Waals surface area contributed by atoms with Crippen LogP contribution in [0, 0.1) is 0 Å². The molecule has 0 unspecified atom stereocenters. The molecule has 0 aliphatic carbocycles. The molecule has 0 aliphatic rings. The molecular weight excluding hydrogens is 287 g/mol. The number of alkyl halides is 3. The molecule has 2 aromatic rings. The molecule has 1 aromatic heterocycles. The number of nitrogen functional groups attached to an aromatic ring is 1. The standard InChI is InChI=1S/C13H10F3N3O2/c14-13(15,16)11-3-4-18-12(19-11)7-1-2-8(9(17)5-7)10(21)6-20/h1-5,20H,6,17H2. The van der Waals surface area contributed by atoms with Crippen molar-refractivity contribution < 1.29 is 23.1 Å². The zero-order valence-electron chi connectivity index (χ0n) is 10.6. The van der Waals surface area contributed by atoms with E-state index in [1.165, 1.54) is 18.2 Å². The fourth-order valence-corrected chi connectivity index (χ4v) is 1.70. The maximum Gasteiger partial charge on any atom is 0.433 e. The first-order valence-corrected chi connectivity index (χ1v) is 5.77. The fraction of sp³-hybridized carbons (Fsp3) is 0.154. The van der Waals surface area contributed by atoms with E-state index in [2.05, 4.69) is 9.97 Å². The molecule has 21 heavy (non-hydrogen) atoms. The minimum absolute atomic E-state index is 0.0348. The van der Waals surface area contributed by atoms with Crippen LogP contribution in [-0.4, -0.2) is 27.5 Å². The van der Waals surface area contributed by atoms with Gasteiger partial charge in [0.2, 0.25) is 0 Å². The maximum absolute atomic E-state index is 12.6. The first-order valence-electron chi connectivity index (χ1n) is 5.77. The molecule has 0 saturated heterocycles. The van der Waals surface area contributed by atoms with E-state index in [9.17, 15) is 18.0 Å². The van der Waals surface area contributed by atoms with Gasteiger partial charge in [0.15, 0.2) is 11.6 Å². The smallest absolute Gasteiger partial charge is 0.398 e. The summed E-state index contributed by atoms with van der Waals surface area (Å²) in [6.45, 7) is -0.705. The van der Waals surface area contributed by atoms with Crippen molar-refractivity contribution in [2.75, 3.05) is 12.3 Å². The van der Waals surface area contributed by atoms with Crippen LogP contribution < -0.4 is 5.73 Å². The average Bonchev–Trinajstić information content (AvgIpc) is 2.45. The van der Waals surface area contributed by atoms with Crippen LogP contribution in [0.4, 0.5) is 18.9 Å². The molecule has 2 rings (SSSR count). The Labute approximate surface area is 117 Å². The molecule has 5 nitrogen and oxygen atoms in total. The number of nitrogens with zero attached hydrogens (tertiary/aromatic N) is 2. The highest BCUT2D eigenvalue weighted by atomic mass is 19.4. The largest absolute Gasteiger partial charge is 0.433 e. The summed E-state index contributed by atoms with van der Waals surface area (Å²) in [6.07, 6.45) is -3.58. The van der Waals surface area contributed by atoms with Crippen LogP contribution in [-0.2, 0) is 6.18 Å². The van der Waals surface area contributed by atoms with Gasteiger partial charge in [0, 0.05) is 23.0 Å². The molecule has 1 aromatic carbocycles. The molecule has 0 radical (unpaired) electrons. The molecule has 1 heterocycles. The third-order valence-electron chi connectivity index (χ3n) is 2.70. The van der Waals surface area contributed by atoms with Crippen molar-refractivity contribution in [3.63, 3.8) is 0 Å². The van der Waals surface area contributed by atoms with Gasteiger partial charge in [-0.1, -0.05) is 6.07 Å². The Kier molecular flexibility index (Phi) is 3.90. The molecule has 0 aliphatic heterocycles. The summed E-state index contributed by atoms with van der Waals surface area (Å²) in [6, 6.07) is 4.73. The Bertz CT molecular complexity index is 687. The third kappa shape index (κ3) is 3.16. The van der Waals surface area contributed by atoms with Crippen LogP contribution in [0.25, 0.3) is 11.4 Å². The van der Waals surface area contributed by atoms with Crippen LogP contribution >= 0.6 is 0 Å². The van der Waals surface area contributed by atoms with Crippen molar-refractivity contribution in [2.45, 2.75) is 6.18 Å².